The highest BCUT2D eigenvalue weighted by Crippen LogP contribution is 2.34. The van der Waals surface area contributed by atoms with Gasteiger partial charge in [0.15, 0.2) is 0 Å². The Hall–Kier alpha value is -1.82. The third-order valence-corrected chi connectivity index (χ3v) is 3.19. The van der Waals surface area contributed by atoms with Crippen molar-refractivity contribution in [1.82, 2.24) is 4.90 Å². The van der Waals surface area contributed by atoms with Crippen molar-refractivity contribution in [2.75, 3.05) is 0 Å². The fourth-order valence-electron chi connectivity index (χ4n) is 2.12. The summed E-state index contributed by atoms with van der Waals surface area (Å²) in [6.07, 6.45) is 0.859. The number of nitrogens with zero attached hydrogens (tertiary/aromatic N) is 2. The molecule has 1 heterocycles. The lowest BCUT2D eigenvalue weighted by Gasteiger charge is -2.26. The molecule has 16 heavy (non-hydrogen) atoms. The summed E-state index contributed by atoms with van der Waals surface area (Å²) < 4.78 is 0. The first-order chi connectivity index (χ1) is 7.70. The Morgan fingerprint density at radius 2 is 2.19 bits per heavy atom. The number of carbonyl (C=O) groups excluding carboxylic acids is 1. The number of carbonyl (C=O) groups is 1. The molecule has 0 aliphatic carbocycles. The Kier molecular flexibility index (Phi) is 2.66. The first kappa shape index (κ1) is 10.7. The first-order valence-corrected chi connectivity index (χ1v) is 5.52. The molecule has 1 amide bonds. The number of rotatable bonds is 2. The molecule has 1 aliphatic rings. The van der Waals surface area contributed by atoms with E-state index in [1.165, 1.54) is 0 Å². The molecule has 1 aliphatic heterocycles. The van der Waals surface area contributed by atoms with Gasteiger partial charge in [-0.2, -0.15) is 5.26 Å². The van der Waals surface area contributed by atoms with E-state index in [0.717, 1.165) is 12.0 Å². The van der Waals surface area contributed by atoms with E-state index < -0.39 is 6.04 Å². The zero-order chi connectivity index (χ0) is 11.7. The molecule has 2 rings (SSSR count). The van der Waals surface area contributed by atoms with E-state index >= 15 is 0 Å². The van der Waals surface area contributed by atoms with Crippen LogP contribution in [0.5, 0.6) is 0 Å². The fraction of sp³-hybridized carbons (Fsp3) is 0.385. The minimum Gasteiger partial charge on any atom is -0.316 e. The monoisotopic (exact) mass is 214 g/mol. The largest absolute Gasteiger partial charge is 0.316 e. The number of fused-ring (bicyclic) bond motifs is 1. The minimum absolute atomic E-state index is 0.0171. The number of benzene rings is 1. The minimum atomic E-state index is -0.418. The van der Waals surface area contributed by atoms with Gasteiger partial charge in [0.25, 0.3) is 5.91 Å². The average Bonchev–Trinajstić information content (AvgIpc) is 2.62. The maximum Gasteiger partial charge on any atom is 0.255 e. The standard InChI is InChI=1S/C13H14N2O/c1-3-9(2)15-12(8-14)10-6-4-5-7-11(10)13(15)16/h4-7,9,12H,3H2,1-2H3. The molecule has 3 nitrogen and oxygen atoms in total. The van der Waals surface area contributed by atoms with E-state index in [0.29, 0.717) is 5.56 Å². The van der Waals surface area contributed by atoms with Crippen molar-refractivity contribution in [3.63, 3.8) is 0 Å². The summed E-state index contributed by atoms with van der Waals surface area (Å²) in [5.41, 5.74) is 1.52. The number of hydrogen-bond acceptors (Lipinski definition) is 2. The van der Waals surface area contributed by atoms with Crippen LogP contribution in [-0.4, -0.2) is 16.8 Å². The van der Waals surface area contributed by atoms with Crippen molar-refractivity contribution >= 4 is 5.91 Å². The normalized spacial score (nSPS) is 20.4. The second-order valence-corrected chi connectivity index (χ2v) is 4.09. The highest BCUT2D eigenvalue weighted by Gasteiger charge is 2.38. The van der Waals surface area contributed by atoms with Gasteiger partial charge in [0, 0.05) is 17.2 Å². The van der Waals surface area contributed by atoms with E-state index in [1.807, 2.05) is 32.0 Å². The predicted molar refractivity (Wildman–Crippen MR) is 60.7 cm³/mol. The molecule has 1 aromatic carbocycles. The van der Waals surface area contributed by atoms with Gasteiger partial charge < -0.3 is 4.90 Å². The Balaban J connectivity index is 2.48. The van der Waals surface area contributed by atoms with Crippen LogP contribution in [0, 0.1) is 11.3 Å². The maximum absolute atomic E-state index is 12.1. The molecular formula is C13H14N2O. The molecule has 2 atom stereocenters. The summed E-state index contributed by atoms with van der Waals surface area (Å²) in [6, 6.07) is 9.28. The molecule has 2 unspecified atom stereocenters. The molecule has 0 bridgehead atoms. The molecular weight excluding hydrogens is 200 g/mol. The summed E-state index contributed by atoms with van der Waals surface area (Å²) in [7, 11) is 0. The Labute approximate surface area is 95.3 Å². The topological polar surface area (TPSA) is 44.1 Å². The van der Waals surface area contributed by atoms with Crippen molar-refractivity contribution in [3.05, 3.63) is 35.4 Å². The highest BCUT2D eigenvalue weighted by molar-refractivity contribution is 5.99. The molecule has 0 aromatic heterocycles. The SMILES string of the molecule is CCC(C)N1C(=O)c2ccccc2C1C#N. The lowest BCUT2D eigenvalue weighted by Crippen LogP contribution is -2.35. The molecule has 0 saturated heterocycles. The van der Waals surface area contributed by atoms with E-state index in [2.05, 4.69) is 6.07 Å². The van der Waals surface area contributed by atoms with Crippen LogP contribution in [0.25, 0.3) is 0 Å². The van der Waals surface area contributed by atoms with Crippen LogP contribution >= 0.6 is 0 Å². The summed E-state index contributed by atoms with van der Waals surface area (Å²) in [4.78, 5) is 13.8. The van der Waals surface area contributed by atoms with Crippen LogP contribution in [-0.2, 0) is 0 Å². The van der Waals surface area contributed by atoms with Gasteiger partial charge in [-0.3, -0.25) is 4.79 Å². The van der Waals surface area contributed by atoms with Crippen LogP contribution < -0.4 is 0 Å². The molecule has 0 saturated carbocycles. The van der Waals surface area contributed by atoms with Gasteiger partial charge in [0.1, 0.15) is 6.04 Å². The number of nitriles is 1. The predicted octanol–water partition coefficient (Wildman–Crippen LogP) is 2.51. The van der Waals surface area contributed by atoms with Gasteiger partial charge in [-0.05, 0) is 19.4 Å². The van der Waals surface area contributed by atoms with Gasteiger partial charge in [-0.15, -0.1) is 0 Å². The Bertz CT molecular complexity index is 461. The van der Waals surface area contributed by atoms with Crippen molar-refractivity contribution in [2.45, 2.75) is 32.4 Å². The van der Waals surface area contributed by atoms with Crippen LogP contribution in [0.2, 0.25) is 0 Å². The van der Waals surface area contributed by atoms with Crippen LogP contribution in [0.15, 0.2) is 24.3 Å². The molecule has 82 valence electrons. The third kappa shape index (κ3) is 1.38. The fourth-order valence-corrected chi connectivity index (χ4v) is 2.12. The quantitative estimate of drug-likeness (QED) is 0.759. The molecule has 0 fully saturated rings. The summed E-state index contributed by atoms with van der Waals surface area (Å²) >= 11 is 0. The van der Waals surface area contributed by atoms with E-state index in [9.17, 15) is 10.1 Å². The Morgan fingerprint density at radius 1 is 1.50 bits per heavy atom. The second-order valence-electron chi connectivity index (χ2n) is 4.09. The van der Waals surface area contributed by atoms with Crippen LogP contribution in [0.3, 0.4) is 0 Å². The molecule has 0 N–H and O–H groups in total. The smallest absolute Gasteiger partial charge is 0.255 e. The van der Waals surface area contributed by atoms with Crippen molar-refractivity contribution in [2.24, 2.45) is 0 Å². The Morgan fingerprint density at radius 3 is 2.81 bits per heavy atom. The van der Waals surface area contributed by atoms with E-state index in [1.54, 1.807) is 11.0 Å². The molecule has 3 heteroatoms. The first-order valence-electron chi connectivity index (χ1n) is 5.52. The second kappa shape index (κ2) is 3.97. The highest BCUT2D eigenvalue weighted by atomic mass is 16.2. The average molecular weight is 214 g/mol. The summed E-state index contributed by atoms with van der Waals surface area (Å²) in [5, 5.41) is 9.20. The van der Waals surface area contributed by atoms with E-state index in [-0.39, 0.29) is 11.9 Å². The van der Waals surface area contributed by atoms with Crippen LogP contribution in [0.1, 0.15) is 42.2 Å². The van der Waals surface area contributed by atoms with Gasteiger partial charge >= 0.3 is 0 Å². The molecule has 0 radical (unpaired) electrons. The van der Waals surface area contributed by atoms with Gasteiger partial charge in [0.2, 0.25) is 0 Å². The molecule has 1 aromatic rings. The maximum atomic E-state index is 12.1. The van der Waals surface area contributed by atoms with Gasteiger partial charge in [0.05, 0.1) is 6.07 Å². The van der Waals surface area contributed by atoms with Crippen molar-refractivity contribution in [1.29, 1.82) is 5.26 Å². The number of amides is 1. The van der Waals surface area contributed by atoms with Crippen molar-refractivity contribution in [3.8, 4) is 6.07 Å². The zero-order valence-electron chi connectivity index (χ0n) is 9.47. The van der Waals surface area contributed by atoms with Crippen molar-refractivity contribution < 1.29 is 4.79 Å². The lowest BCUT2D eigenvalue weighted by molar-refractivity contribution is 0.0684. The van der Waals surface area contributed by atoms with Crippen LogP contribution in [0.4, 0.5) is 0 Å². The number of hydrogen-bond donors (Lipinski definition) is 0. The summed E-state index contributed by atoms with van der Waals surface area (Å²) in [6.45, 7) is 4.00. The zero-order valence-corrected chi connectivity index (χ0v) is 9.47. The van der Waals surface area contributed by atoms with Gasteiger partial charge in [-0.25, -0.2) is 0 Å². The molecule has 0 spiro atoms. The third-order valence-electron chi connectivity index (χ3n) is 3.19. The van der Waals surface area contributed by atoms with Gasteiger partial charge in [-0.1, -0.05) is 25.1 Å². The summed E-state index contributed by atoms with van der Waals surface area (Å²) in [5.74, 6) is -0.0171. The van der Waals surface area contributed by atoms with E-state index in [4.69, 9.17) is 0 Å². The lowest BCUT2D eigenvalue weighted by atomic mass is 10.1.